The second-order valence-corrected chi connectivity index (χ2v) is 12.1. The van der Waals surface area contributed by atoms with Crippen LogP contribution in [0.4, 0.5) is 0 Å². The maximum absolute atomic E-state index is 13.1. The Morgan fingerprint density at radius 1 is 1.09 bits per heavy atom. The second kappa shape index (κ2) is 6.91. The minimum atomic E-state index is -0.639. The van der Waals surface area contributed by atoms with E-state index < -0.39 is 17.1 Å². The van der Waals surface area contributed by atoms with Crippen LogP contribution in [0.5, 0.6) is 0 Å². The van der Waals surface area contributed by atoms with Crippen molar-refractivity contribution in [3.8, 4) is 0 Å². The lowest BCUT2D eigenvalue weighted by Gasteiger charge is -2.59. The average Bonchev–Trinajstić information content (AvgIpc) is 3.13. The molecular formula is C28H36O5. The number of ketones is 1. The lowest BCUT2D eigenvalue weighted by molar-refractivity contribution is -0.208. The van der Waals surface area contributed by atoms with Gasteiger partial charge in [0.1, 0.15) is 11.7 Å². The fourth-order valence-corrected chi connectivity index (χ4v) is 8.99. The van der Waals surface area contributed by atoms with E-state index in [0.29, 0.717) is 36.9 Å². The normalized spacial score (nSPS) is 53.0. The van der Waals surface area contributed by atoms with Crippen molar-refractivity contribution in [2.75, 3.05) is 6.61 Å². The van der Waals surface area contributed by atoms with Crippen LogP contribution < -0.4 is 0 Å². The molecule has 0 aromatic carbocycles. The number of hydrogen-bond donors (Lipinski definition) is 1. The number of esters is 1. The third-order valence-electron chi connectivity index (χ3n) is 11.1. The zero-order chi connectivity index (χ0) is 23.3. The number of aliphatic hydroxyl groups is 1. The van der Waals surface area contributed by atoms with Gasteiger partial charge >= 0.3 is 5.97 Å². The van der Waals surface area contributed by atoms with Gasteiger partial charge in [0.05, 0.1) is 23.7 Å². The van der Waals surface area contributed by atoms with E-state index >= 15 is 0 Å². The third-order valence-corrected chi connectivity index (χ3v) is 11.1. The molecule has 4 aliphatic carbocycles. The van der Waals surface area contributed by atoms with Gasteiger partial charge in [-0.15, -0.1) is 0 Å². The van der Waals surface area contributed by atoms with Crippen molar-refractivity contribution in [3.05, 3.63) is 36.0 Å². The van der Waals surface area contributed by atoms with Crippen molar-refractivity contribution < 1.29 is 24.2 Å². The molecule has 33 heavy (non-hydrogen) atoms. The highest BCUT2D eigenvalue weighted by Crippen LogP contribution is 2.67. The molecule has 2 heterocycles. The molecule has 2 aliphatic heterocycles. The van der Waals surface area contributed by atoms with E-state index in [-0.39, 0.29) is 41.0 Å². The highest BCUT2D eigenvalue weighted by atomic mass is 16.6. The zero-order valence-corrected chi connectivity index (χ0v) is 20.0. The van der Waals surface area contributed by atoms with Crippen molar-refractivity contribution in [2.24, 2.45) is 40.4 Å². The quantitative estimate of drug-likeness (QED) is 0.367. The number of ether oxygens (including phenoxy) is 2. The zero-order valence-electron chi connectivity index (χ0n) is 20.0. The molecule has 2 bridgehead atoms. The van der Waals surface area contributed by atoms with Crippen LogP contribution in [0, 0.1) is 40.4 Å². The Balaban J connectivity index is 1.32. The van der Waals surface area contributed by atoms with Crippen molar-refractivity contribution in [3.63, 3.8) is 0 Å². The Morgan fingerprint density at radius 3 is 2.58 bits per heavy atom. The molecule has 6 rings (SSSR count). The molecule has 1 N–H and O–H groups in total. The molecule has 0 aromatic heterocycles. The van der Waals surface area contributed by atoms with Gasteiger partial charge in [0.15, 0.2) is 5.78 Å². The number of hydrogen-bond acceptors (Lipinski definition) is 5. The van der Waals surface area contributed by atoms with E-state index in [9.17, 15) is 14.7 Å². The number of fused-ring (bicyclic) bond motifs is 7. The van der Waals surface area contributed by atoms with Crippen LogP contribution in [-0.4, -0.2) is 41.3 Å². The first-order valence-corrected chi connectivity index (χ1v) is 12.7. The van der Waals surface area contributed by atoms with Crippen LogP contribution in [0.15, 0.2) is 36.0 Å². The van der Waals surface area contributed by atoms with E-state index in [0.717, 1.165) is 25.7 Å². The molecule has 10 atom stereocenters. The molecule has 178 valence electrons. The SMILES string of the molecule is C=C1C(=O)OC2CC1(C)OCC2C1CCC2C3CC=C4CC=CC(=O)C4(C)C3CC(O)C12C. The first-order valence-electron chi connectivity index (χ1n) is 12.7. The Kier molecular flexibility index (Phi) is 4.56. The summed E-state index contributed by atoms with van der Waals surface area (Å²) in [7, 11) is 0. The number of aliphatic hydroxyl groups excluding tert-OH is 1. The van der Waals surface area contributed by atoms with E-state index in [1.807, 2.05) is 13.0 Å². The van der Waals surface area contributed by atoms with Gasteiger partial charge in [0.25, 0.3) is 0 Å². The summed E-state index contributed by atoms with van der Waals surface area (Å²) in [4.78, 5) is 25.6. The van der Waals surface area contributed by atoms with Crippen molar-refractivity contribution in [1.82, 2.24) is 0 Å². The molecular weight excluding hydrogens is 416 g/mol. The maximum Gasteiger partial charge on any atom is 0.336 e. The van der Waals surface area contributed by atoms with Crippen molar-refractivity contribution in [2.45, 2.75) is 77.1 Å². The molecule has 0 spiro atoms. The lowest BCUT2D eigenvalue weighted by Crippen LogP contribution is -2.61. The van der Waals surface area contributed by atoms with Crippen molar-refractivity contribution in [1.29, 1.82) is 0 Å². The Labute approximate surface area is 196 Å². The molecule has 4 fully saturated rings. The molecule has 5 nitrogen and oxygen atoms in total. The number of carbonyl (C=O) groups is 2. The largest absolute Gasteiger partial charge is 0.458 e. The molecule has 2 saturated carbocycles. The Morgan fingerprint density at radius 2 is 1.82 bits per heavy atom. The summed E-state index contributed by atoms with van der Waals surface area (Å²) in [6.45, 7) is 10.8. The summed E-state index contributed by atoms with van der Waals surface area (Å²) in [5.41, 5.74) is 0.277. The second-order valence-electron chi connectivity index (χ2n) is 12.1. The molecule has 0 amide bonds. The van der Waals surface area contributed by atoms with Crippen LogP contribution in [-0.2, 0) is 19.1 Å². The van der Waals surface area contributed by atoms with Gasteiger partial charge in [-0.2, -0.15) is 0 Å². The van der Waals surface area contributed by atoms with E-state index in [1.54, 1.807) is 6.08 Å². The first kappa shape index (κ1) is 21.8. The third kappa shape index (κ3) is 2.67. The predicted octanol–water partition coefficient (Wildman–Crippen LogP) is 4.16. The number of rotatable bonds is 1. The van der Waals surface area contributed by atoms with Gasteiger partial charge in [-0.25, -0.2) is 4.79 Å². The van der Waals surface area contributed by atoms with Crippen LogP contribution in [0.1, 0.15) is 59.3 Å². The van der Waals surface area contributed by atoms with E-state index in [2.05, 4.69) is 26.5 Å². The minimum absolute atomic E-state index is 0.0841. The molecule has 6 aliphatic rings. The van der Waals surface area contributed by atoms with Crippen LogP contribution in [0.25, 0.3) is 0 Å². The molecule has 2 saturated heterocycles. The Hall–Kier alpha value is -1.72. The van der Waals surface area contributed by atoms with Gasteiger partial charge in [-0.3, -0.25) is 4.79 Å². The number of carbonyl (C=O) groups excluding carboxylic acids is 2. The Bertz CT molecular complexity index is 994. The average molecular weight is 453 g/mol. The fraction of sp³-hybridized carbons (Fsp3) is 0.714. The van der Waals surface area contributed by atoms with Crippen LogP contribution in [0.2, 0.25) is 0 Å². The molecule has 0 radical (unpaired) electrons. The summed E-state index contributed by atoms with van der Waals surface area (Å²) in [5, 5.41) is 11.7. The summed E-state index contributed by atoms with van der Waals surface area (Å²) in [5.74, 6) is 1.11. The molecule has 5 heteroatoms. The van der Waals surface area contributed by atoms with Gasteiger partial charge in [-0.05, 0) is 81.1 Å². The topological polar surface area (TPSA) is 72.8 Å². The summed E-state index contributed by atoms with van der Waals surface area (Å²) < 4.78 is 12.1. The summed E-state index contributed by atoms with van der Waals surface area (Å²) in [6, 6.07) is 0. The highest BCUT2D eigenvalue weighted by molar-refractivity contribution is 5.98. The van der Waals surface area contributed by atoms with Gasteiger partial charge in [0.2, 0.25) is 0 Å². The summed E-state index contributed by atoms with van der Waals surface area (Å²) in [6.07, 6.45) is 10.6. The minimum Gasteiger partial charge on any atom is -0.458 e. The van der Waals surface area contributed by atoms with Gasteiger partial charge in [-0.1, -0.05) is 31.2 Å². The predicted molar refractivity (Wildman–Crippen MR) is 123 cm³/mol. The van der Waals surface area contributed by atoms with Crippen LogP contribution in [0.3, 0.4) is 0 Å². The highest BCUT2D eigenvalue weighted by Gasteiger charge is 2.65. The molecule has 10 unspecified atom stereocenters. The smallest absolute Gasteiger partial charge is 0.336 e. The van der Waals surface area contributed by atoms with Gasteiger partial charge in [0, 0.05) is 12.3 Å². The standard InChI is InChI=1S/C28H36O5/c1-15-25(31)33-22-13-26(15,2)32-14-18(22)20-11-10-19-17-9-8-16-6-5-7-23(29)27(16,3)21(17)12-24(30)28(19,20)4/h5,7-8,17-22,24,30H,1,6,9-14H2,2-4H3. The van der Waals surface area contributed by atoms with E-state index in [4.69, 9.17) is 9.47 Å². The first-order chi connectivity index (χ1) is 15.6. The fourth-order valence-electron chi connectivity index (χ4n) is 8.99. The lowest BCUT2D eigenvalue weighted by atomic mass is 9.46. The summed E-state index contributed by atoms with van der Waals surface area (Å²) >= 11 is 0. The maximum atomic E-state index is 13.1. The van der Waals surface area contributed by atoms with Gasteiger partial charge < -0.3 is 14.6 Å². The van der Waals surface area contributed by atoms with E-state index in [1.165, 1.54) is 5.57 Å². The number of allylic oxidation sites excluding steroid dienone is 4. The molecule has 0 aromatic rings. The monoisotopic (exact) mass is 452 g/mol. The van der Waals surface area contributed by atoms with Crippen LogP contribution >= 0.6 is 0 Å². The van der Waals surface area contributed by atoms with Crippen molar-refractivity contribution >= 4 is 11.8 Å².